The van der Waals surface area contributed by atoms with Gasteiger partial charge in [-0.3, -0.25) is 14.3 Å². The molecule has 2 aliphatic heterocycles. The number of amides is 1. The molecular weight excluding hydrogens is 566 g/mol. The highest BCUT2D eigenvalue weighted by molar-refractivity contribution is 7.90. The van der Waals surface area contributed by atoms with Crippen molar-refractivity contribution in [1.82, 2.24) is 13.4 Å². The summed E-state index contributed by atoms with van der Waals surface area (Å²) in [5.41, 5.74) is 3.82. The van der Waals surface area contributed by atoms with Gasteiger partial charge in [-0.05, 0) is 55.7 Å². The Morgan fingerprint density at radius 3 is 2.47 bits per heavy atom. The zero-order chi connectivity index (χ0) is 29.9. The second kappa shape index (κ2) is 10.2. The number of benzene rings is 3. The Labute approximate surface area is 248 Å². The summed E-state index contributed by atoms with van der Waals surface area (Å²) in [4.78, 5) is 27.0. The van der Waals surface area contributed by atoms with E-state index in [-0.39, 0.29) is 16.5 Å². The number of pyridine rings is 1. The zero-order valence-corrected chi connectivity index (χ0v) is 24.2. The molecule has 2 aromatic heterocycles. The summed E-state index contributed by atoms with van der Waals surface area (Å²) in [7, 11) is -4.04. The third kappa shape index (κ3) is 4.49. The Balaban J connectivity index is 1.35. The van der Waals surface area contributed by atoms with Gasteiger partial charge in [-0.2, -0.15) is 0 Å². The maximum absolute atomic E-state index is 14.2. The molecule has 3 aromatic carbocycles. The van der Waals surface area contributed by atoms with Crippen molar-refractivity contribution in [2.75, 3.05) is 0 Å². The zero-order valence-electron chi connectivity index (χ0n) is 23.4. The van der Waals surface area contributed by atoms with Gasteiger partial charge in [0.1, 0.15) is 12.4 Å². The summed E-state index contributed by atoms with van der Waals surface area (Å²) in [5.74, 6) is 0.428. The van der Waals surface area contributed by atoms with Crippen molar-refractivity contribution in [1.29, 1.82) is 0 Å². The quantitative estimate of drug-likeness (QED) is 0.271. The highest BCUT2D eigenvalue weighted by atomic mass is 32.2. The molecule has 4 heterocycles. The monoisotopic (exact) mass is 595 g/mol. The third-order valence-corrected chi connectivity index (χ3v) is 10.3. The lowest BCUT2D eigenvalue weighted by molar-refractivity contribution is 0.117. The summed E-state index contributed by atoms with van der Waals surface area (Å²) in [6, 6.07) is 24.0. The molecule has 2 atom stereocenters. The molecule has 0 saturated carbocycles. The lowest BCUT2D eigenvalue weighted by Gasteiger charge is -2.33. The molecular formula is C33H29N3O6S. The van der Waals surface area contributed by atoms with Gasteiger partial charge in [0.15, 0.2) is 0 Å². The van der Waals surface area contributed by atoms with Crippen LogP contribution >= 0.6 is 0 Å². The van der Waals surface area contributed by atoms with E-state index in [1.54, 1.807) is 54.7 Å². The van der Waals surface area contributed by atoms with Crippen LogP contribution in [0.5, 0.6) is 5.75 Å². The third-order valence-electron chi connectivity index (χ3n) is 8.51. The molecule has 1 amide bonds. The van der Waals surface area contributed by atoms with Crippen molar-refractivity contribution in [3.05, 3.63) is 124 Å². The van der Waals surface area contributed by atoms with Crippen LogP contribution in [0.2, 0.25) is 0 Å². The minimum atomic E-state index is -4.04. The summed E-state index contributed by atoms with van der Waals surface area (Å²) in [5, 5.41) is 10.7. The molecule has 1 fully saturated rings. The molecule has 10 heteroatoms. The molecule has 9 nitrogen and oxygen atoms in total. The summed E-state index contributed by atoms with van der Waals surface area (Å²) in [6.45, 7) is 2.21. The lowest BCUT2D eigenvalue weighted by atomic mass is 9.97. The van der Waals surface area contributed by atoms with E-state index in [1.165, 1.54) is 19.5 Å². The number of rotatable bonds is 6. The molecule has 5 aromatic rings. The van der Waals surface area contributed by atoms with Crippen molar-refractivity contribution < 1.29 is 23.1 Å². The van der Waals surface area contributed by atoms with E-state index in [0.29, 0.717) is 53.9 Å². The van der Waals surface area contributed by atoms with E-state index in [1.807, 2.05) is 37.3 Å². The number of fused-ring (bicyclic) bond motifs is 6. The van der Waals surface area contributed by atoms with Gasteiger partial charge in [0.25, 0.3) is 15.6 Å². The van der Waals surface area contributed by atoms with Gasteiger partial charge in [0, 0.05) is 41.4 Å². The van der Waals surface area contributed by atoms with Crippen molar-refractivity contribution >= 4 is 27.0 Å². The minimum absolute atomic E-state index is 0.147. The number of hydrogen-bond donors (Lipinski definition) is 1. The molecule has 2 aliphatic rings. The van der Waals surface area contributed by atoms with Gasteiger partial charge < -0.3 is 9.84 Å². The standard InChI is InChI=1S/C33H29N3O6S/c1-21-7-11-26(12-8-21)43(40,41)36-29-17-23(34-16-15-25(19-31(34)37)42-20-22-5-3-2-4-6-22)9-13-27(29)32-28-14-10-24(18-30(32)36)35(28)33(38)39/h2-9,11-13,15-17,19,24,28H,10,14,18,20H2,1H3,(H,38,39). The number of carboxylic acid groups (broad SMARTS) is 1. The number of aryl methyl sites for hydroxylation is 1. The number of hydrogen-bond acceptors (Lipinski definition) is 5. The van der Waals surface area contributed by atoms with E-state index < -0.39 is 22.2 Å². The molecule has 0 radical (unpaired) electrons. The summed E-state index contributed by atoms with van der Waals surface area (Å²) >= 11 is 0. The lowest BCUT2D eigenvalue weighted by Crippen LogP contribution is -2.41. The fraction of sp³-hybridized carbons (Fsp3) is 0.212. The number of carbonyl (C=O) groups is 1. The van der Waals surface area contributed by atoms with E-state index in [9.17, 15) is 23.1 Å². The number of nitrogens with zero attached hydrogens (tertiary/aromatic N) is 3. The van der Waals surface area contributed by atoms with Gasteiger partial charge in [0.05, 0.1) is 22.1 Å². The van der Waals surface area contributed by atoms with Gasteiger partial charge in [-0.15, -0.1) is 0 Å². The molecule has 7 rings (SSSR count). The second-order valence-electron chi connectivity index (χ2n) is 11.1. The molecule has 1 N–H and O–H groups in total. The van der Waals surface area contributed by atoms with Gasteiger partial charge >= 0.3 is 6.09 Å². The molecule has 0 aliphatic carbocycles. The molecule has 0 spiro atoms. The largest absolute Gasteiger partial charge is 0.489 e. The molecule has 43 heavy (non-hydrogen) atoms. The average Bonchev–Trinajstić information content (AvgIpc) is 3.50. The predicted molar refractivity (Wildman–Crippen MR) is 161 cm³/mol. The maximum Gasteiger partial charge on any atom is 0.408 e. The fourth-order valence-electron chi connectivity index (χ4n) is 6.52. The first kappa shape index (κ1) is 27.0. The van der Waals surface area contributed by atoms with Crippen molar-refractivity contribution in [3.8, 4) is 11.4 Å². The molecule has 2 bridgehead atoms. The first-order valence-electron chi connectivity index (χ1n) is 14.1. The normalized spacial score (nSPS) is 17.7. The van der Waals surface area contributed by atoms with E-state index in [4.69, 9.17) is 4.74 Å². The predicted octanol–water partition coefficient (Wildman–Crippen LogP) is 5.66. The Morgan fingerprint density at radius 2 is 1.74 bits per heavy atom. The smallest absolute Gasteiger partial charge is 0.408 e. The van der Waals surface area contributed by atoms with E-state index in [2.05, 4.69) is 0 Å². The van der Waals surface area contributed by atoms with Crippen LogP contribution in [0.4, 0.5) is 4.79 Å². The Bertz CT molecular complexity index is 2050. The fourth-order valence-corrected chi connectivity index (χ4v) is 8.08. The molecule has 218 valence electrons. The SMILES string of the molecule is Cc1ccc(S(=O)(=O)n2c3c(c4ccc(-n5ccc(OCc6ccccc6)cc5=O)cc42)C2CCC(C3)N2C(=O)O)cc1. The van der Waals surface area contributed by atoms with Crippen molar-refractivity contribution in [2.24, 2.45) is 0 Å². The summed E-state index contributed by atoms with van der Waals surface area (Å²) < 4.78 is 37.1. The molecule has 2 unspecified atom stereocenters. The second-order valence-corrected chi connectivity index (χ2v) is 12.9. The minimum Gasteiger partial charge on any atom is -0.489 e. The van der Waals surface area contributed by atoms with Crippen molar-refractivity contribution in [3.63, 3.8) is 0 Å². The van der Waals surface area contributed by atoms with Crippen molar-refractivity contribution in [2.45, 2.75) is 49.8 Å². The van der Waals surface area contributed by atoms with Crippen LogP contribution in [0, 0.1) is 6.92 Å². The number of ether oxygens (including phenoxy) is 1. The van der Waals surface area contributed by atoms with Gasteiger partial charge in [-0.1, -0.05) is 54.1 Å². The number of aromatic nitrogens is 2. The van der Waals surface area contributed by atoms with Crippen LogP contribution in [0.3, 0.4) is 0 Å². The first-order valence-corrected chi connectivity index (χ1v) is 15.6. The molecule has 1 saturated heterocycles. The van der Waals surface area contributed by atoms with Gasteiger partial charge in [-0.25, -0.2) is 17.2 Å². The van der Waals surface area contributed by atoms with Gasteiger partial charge in [0.2, 0.25) is 0 Å². The topological polar surface area (TPSA) is 111 Å². The maximum atomic E-state index is 14.2. The Kier molecular flexibility index (Phi) is 6.39. The first-order chi connectivity index (χ1) is 20.7. The van der Waals surface area contributed by atoms with Crippen LogP contribution < -0.4 is 10.3 Å². The highest BCUT2D eigenvalue weighted by Crippen LogP contribution is 2.48. The van der Waals surface area contributed by atoms with E-state index >= 15 is 0 Å². The highest BCUT2D eigenvalue weighted by Gasteiger charge is 2.46. The Morgan fingerprint density at radius 1 is 0.977 bits per heavy atom. The van der Waals surface area contributed by atoms with Crippen LogP contribution in [0.25, 0.3) is 16.6 Å². The average molecular weight is 596 g/mol. The van der Waals surface area contributed by atoms with E-state index in [0.717, 1.165) is 16.7 Å². The van der Waals surface area contributed by atoms with Crippen LogP contribution in [0.15, 0.2) is 101 Å². The Hall–Kier alpha value is -4.83. The van der Waals surface area contributed by atoms with Crippen LogP contribution in [-0.4, -0.2) is 39.1 Å². The van der Waals surface area contributed by atoms with Crippen LogP contribution in [-0.2, 0) is 23.1 Å². The van der Waals surface area contributed by atoms with Crippen LogP contribution in [0.1, 0.15) is 41.3 Å². The summed E-state index contributed by atoms with van der Waals surface area (Å²) in [6.07, 6.45) is 2.20.